The van der Waals surface area contributed by atoms with Crippen molar-refractivity contribution in [3.63, 3.8) is 0 Å². The summed E-state index contributed by atoms with van der Waals surface area (Å²) in [5.74, 6) is 0.606. The number of nitrogens with zero attached hydrogens (tertiary/aromatic N) is 1. The molecule has 2 aromatic carbocycles. The number of piperidine rings is 1. The van der Waals surface area contributed by atoms with Gasteiger partial charge in [-0.15, -0.1) is 0 Å². The second-order valence-corrected chi connectivity index (χ2v) is 8.97. The van der Waals surface area contributed by atoms with E-state index in [1.165, 1.54) is 4.31 Å². The first kappa shape index (κ1) is 19.6. The highest BCUT2D eigenvalue weighted by atomic mass is 32.2. The second kappa shape index (κ2) is 7.82. The number of benzene rings is 2. The number of ether oxygens (including phenoxy) is 1. The molecular formula is C21H25NO4S. The fourth-order valence-corrected chi connectivity index (χ4v) is 5.03. The average Bonchev–Trinajstić information content (AvgIpc) is 2.67. The molecule has 6 heteroatoms. The van der Waals surface area contributed by atoms with Gasteiger partial charge in [0.2, 0.25) is 10.0 Å². The van der Waals surface area contributed by atoms with Crippen molar-refractivity contribution in [3.05, 3.63) is 59.2 Å². The van der Waals surface area contributed by atoms with Crippen LogP contribution in [0, 0.1) is 19.8 Å². The largest absolute Gasteiger partial charge is 0.497 e. The van der Waals surface area contributed by atoms with Gasteiger partial charge >= 0.3 is 0 Å². The van der Waals surface area contributed by atoms with Gasteiger partial charge in [0.15, 0.2) is 5.78 Å². The van der Waals surface area contributed by atoms with Gasteiger partial charge in [-0.25, -0.2) is 8.42 Å². The summed E-state index contributed by atoms with van der Waals surface area (Å²) in [4.78, 5) is 13.1. The molecule has 0 spiro atoms. The van der Waals surface area contributed by atoms with Crippen molar-refractivity contribution in [2.75, 3.05) is 20.2 Å². The Kier molecular flexibility index (Phi) is 5.67. The maximum atomic E-state index is 12.8. The van der Waals surface area contributed by atoms with E-state index in [2.05, 4.69) is 0 Å². The minimum atomic E-state index is -3.55. The average molecular weight is 388 g/mol. The van der Waals surface area contributed by atoms with Crippen molar-refractivity contribution in [3.8, 4) is 5.75 Å². The molecule has 0 aliphatic carbocycles. The standard InChI is InChI=1S/C21H25NO4S/c1-15-4-9-20(16(2)14-15)21(23)17-10-12-22(13-11-17)27(24,25)19-7-5-18(26-3)6-8-19/h4-9,14,17H,10-13H2,1-3H3. The van der Waals surface area contributed by atoms with Crippen LogP contribution in [0.4, 0.5) is 0 Å². The van der Waals surface area contributed by atoms with Crippen LogP contribution in [0.2, 0.25) is 0 Å². The fourth-order valence-electron chi connectivity index (χ4n) is 3.57. The van der Waals surface area contributed by atoms with Gasteiger partial charge in [-0.3, -0.25) is 4.79 Å². The molecule has 144 valence electrons. The maximum Gasteiger partial charge on any atom is 0.243 e. The zero-order valence-corrected chi connectivity index (χ0v) is 16.8. The molecule has 5 nitrogen and oxygen atoms in total. The Balaban J connectivity index is 1.69. The summed E-state index contributed by atoms with van der Waals surface area (Å²) in [5, 5.41) is 0. The van der Waals surface area contributed by atoms with Crippen molar-refractivity contribution in [2.24, 2.45) is 5.92 Å². The number of rotatable bonds is 5. The van der Waals surface area contributed by atoms with Crippen LogP contribution in [0.3, 0.4) is 0 Å². The van der Waals surface area contributed by atoms with Gasteiger partial charge in [-0.2, -0.15) is 4.31 Å². The molecule has 1 heterocycles. The van der Waals surface area contributed by atoms with Crippen LogP contribution in [-0.2, 0) is 10.0 Å². The molecule has 0 N–H and O–H groups in total. The number of methoxy groups -OCH3 is 1. The Bertz CT molecular complexity index is 927. The number of hydrogen-bond donors (Lipinski definition) is 0. The summed E-state index contributed by atoms with van der Waals surface area (Å²) in [6, 6.07) is 12.2. The number of carbonyl (C=O) groups excluding carboxylic acids is 1. The third-order valence-electron chi connectivity index (χ3n) is 5.17. The van der Waals surface area contributed by atoms with E-state index in [-0.39, 0.29) is 16.6 Å². The Morgan fingerprint density at radius 2 is 1.67 bits per heavy atom. The third-order valence-corrected chi connectivity index (χ3v) is 7.08. The first-order chi connectivity index (χ1) is 12.8. The number of aryl methyl sites for hydroxylation is 2. The number of carbonyl (C=O) groups is 1. The van der Waals surface area contributed by atoms with Gasteiger partial charge in [0.1, 0.15) is 5.75 Å². The number of hydrogen-bond acceptors (Lipinski definition) is 4. The molecule has 0 aromatic heterocycles. The minimum Gasteiger partial charge on any atom is -0.497 e. The van der Waals surface area contributed by atoms with Crippen LogP contribution in [-0.4, -0.2) is 38.7 Å². The molecule has 0 atom stereocenters. The molecule has 3 rings (SSSR count). The Morgan fingerprint density at radius 3 is 2.22 bits per heavy atom. The maximum absolute atomic E-state index is 12.8. The summed E-state index contributed by atoms with van der Waals surface area (Å²) in [6.45, 7) is 4.67. The van der Waals surface area contributed by atoms with Crippen molar-refractivity contribution in [1.82, 2.24) is 4.31 Å². The predicted octanol–water partition coefficient (Wildman–Crippen LogP) is 3.60. The van der Waals surface area contributed by atoms with Crippen molar-refractivity contribution >= 4 is 15.8 Å². The first-order valence-corrected chi connectivity index (χ1v) is 10.5. The molecular weight excluding hydrogens is 362 g/mol. The fraction of sp³-hybridized carbons (Fsp3) is 0.381. The smallest absolute Gasteiger partial charge is 0.243 e. The molecule has 0 radical (unpaired) electrons. The topological polar surface area (TPSA) is 63.7 Å². The lowest BCUT2D eigenvalue weighted by Crippen LogP contribution is -2.40. The predicted molar refractivity (Wildman–Crippen MR) is 105 cm³/mol. The molecule has 0 amide bonds. The lowest BCUT2D eigenvalue weighted by molar-refractivity contribution is 0.0874. The van der Waals surface area contributed by atoms with Gasteiger partial charge in [0.25, 0.3) is 0 Å². The van der Waals surface area contributed by atoms with E-state index in [0.29, 0.717) is 31.7 Å². The van der Waals surface area contributed by atoms with Crippen molar-refractivity contribution < 1.29 is 17.9 Å². The van der Waals surface area contributed by atoms with Gasteiger partial charge in [-0.1, -0.05) is 23.8 Å². The summed E-state index contributed by atoms with van der Waals surface area (Å²) in [5.41, 5.74) is 2.86. The summed E-state index contributed by atoms with van der Waals surface area (Å²) in [6.07, 6.45) is 1.09. The van der Waals surface area contributed by atoms with Crippen LogP contribution in [0.1, 0.15) is 34.3 Å². The normalized spacial score (nSPS) is 16.3. The van der Waals surface area contributed by atoms with Gasteiger partial charge < -0.3 is 4.74 Å². The molecule has 1 saturated heterocycles. The van der Waals surface area contributed by atoms with Crippen LogP contribution in [0.25, 0.3) is 0 Å². The van der Waals surface area contributed by atoms with Crippen molar-refractivity contribution in [2.45, 2.75) is 31.6 Å². The van der Waals surface area contributed by atoms with E-state index in [9.17, 15) is 13.2 Å². The van der Waals surface area contributed by atoms with E-state index >= 15 is 0 Å². The second-order valence-electron chi connectivity index (χ2n) is 7.04. The minimum absolute atomic E-state index is 0.119. The monoisotopic (exact) mass is 387 g/mol. The Hall–Kier alpha value is -2.18. The highest BCUT2D eigenvalue weighted by Gasteiger charge is 2.32. The summed E-state index contributed by atoms with van der Waals surface area (Å²) in [7, 11) is -2.01. The van der Waals surface area contributed by atoms with Crippen molar-refractivity contribution in [1.29, 1.82) is 0 Å². The molecule has 1 aliphatic heterocycles. The van der Waals surface area contributed by atoms with E-state index in [0.717, 1.165) is 16.7 Å². The summed E-state index contributed by atoms with van der Waals surface area (Å²) < 4.78 is 32.2. The zero-order valence-electron chi connectivity index (χ0n) is 15.9. The Morgan fingerprint density at radius 1 is 1.04 bits per heavy atom. The Labute approximate surface area is 161 Å². The summed E-state index contributed by atoms with van der Waals surface area (Å²) >= 11 is 0. The van der Waals surface area contributed by atoms with Gasteiger partial charge in [0.05, 0.1) is 12.0 Å². The van der Waals surface area contributed by atoms with E-state index in [1.54, 1.807) is 31.4 Å². The molecule has 2 aromatic rings. The van der Waals surface area contributed by atoms with Gasteiger partial charge in [0, 0.05) is 24.6 Å². The molecule has 27 heavy (non-hydrogen) atoms. The molecule has 0 bridgehead atoms. The molecule has 1 fully saturated rings. The lowest BCUT2D eigenvalue weighted by atomic mass is 9.87. The number of sulfonamides is 1. The SMILES string of the molecule is COc1ccc(S(=O)(=O)N2CCC(C(=O)c3ccc(C)cc3C)CC2)cc1. The lowest BCUT2D eigenvalue weighted by Gasteiger charge is -2.30. The highest BCUT2D eigenvalue weighted by Crippen LogP contribution is 2.28. The zero-order chi connectivity index (χ0) is 19.6. The van der Waals surface area contributed by atoms with Crippen LogP contribution < -0.4 is 4.74 Å². The third kappa shape index (κ3) is 4.06. The molecule has 1 aliphatic rings. The van der Waals surface area contributed by atoms with E-state index in [1.807, 2.05) is 32.0 Å². The quantitative estimate of drug-likeness (QED) is 0.736. The highest BCUT2D eigenvalue weighted by molar-refractivity contribution is 7.89. The number of Topliss-reactive ketones (excluding diaryl/α,β-unsaturated/α-hetero) is 1. The van der Waals surface area contributed by atoms with E-state index < -0.39 is 10.0 Å². The first-order valence-electron chi connectivity index (χ1n) is 9.08. The van der Waals surface area contributed by atoms with Gasteiger partial charge in [-0.05, 0) is 56.5 Å². The molecule has 0 unspecified atom stereocenters. The van der Waals surface area contributed by atoms with Crippen LogP contribution in [0.15, 0.2) is 47.4 Å². The van der Waals surface area contributed by atoms with Crippen LogP contribution in [0.5, 0.6) is 5.75 Å². The number of ketones is 1. The van der Waals surface area contributed by atoms with Crippen LogP contribution >= 0.6 is 0 Å². The molecule has 0 saturated carbocycles. The van der Waals surface area contributed by atoms with E-state index in [4.69, 9.17) is 4.74 Å².